The summed E-state index contributed by atoms with van der Waals surface area (Å²) in [6, 6.07) is 96.1. The molecule has 0 saturated heterocycles. The van der Waals surface area contributed by atoms with Crippen LogP contribution >= 0.6 is 0 Å². The lowest BCUT2D eigenvalue weighted by molar-refractivity contribution is 0.669. The molecule has 0 aliphatic heterocycles. The van der Waals surface area contributed by atoms with Gasteiger partial charge in [-0.1, -0.05) is 194 Å². The maximum Gasteiger partial charge on any atom is 0.136 e. The molecule has 0 N–H and O–H groups in total. The minimum Gasteiger partial charge on any atom is -0.456 e. The fourth-order valence-electron chi connectivity index (χ4n) is 10.3. The van der Waals surface area contributed by atoms with Crippen LogP contribution in [0.3, 0.4) is 0 Å². The first kappa shape index (κ1) is 40.1. The summed E-state index contributed by atoms with van der Waals surface area (Å²) in [6.45, 7) is 0. The van der Waals surface area contributed by atoms with E-state index in [9.17, 15) is 0 Å². The van der Waals surface area contributed by atoms with E-state index in [1.165, 1.54) is 49.6 Å². The molecule has 3 heteroatoms. The lowest BCUT2D eigenvalue weighted by Gasteiger charge is -2.28. The Labute approximate surface area is 401 Å². The van der Waals surface area contributed by atoms with Crippen molar-refractivity contribution in [2.75, 3.05) is 4.90 Å². The van der Waals surface area contributed by atoms with E-state index in [0.717, 1.165) is 72.5 Å². The summed E-state index contributed by atoms with van der Waals surface area (Å²) < 4.78 is 8.66. The molecule has 13 aromatic rings. The summed E-state index contributed by atoms with van der Waals surface area (Å²) in [6.07, 6.45) is 0. The van der Waals surface area contributed by atoms with Crippen LogP contribution in [0.1, 0.15) is 0 Å². The Morgan fingerprint density at radius 3 is 1.46 bits per heavy atom. The van der Waals surface area contributed by atoms with Gasteiger partial charge in [0.1, 0.15) is 11.2 Å². The molecule has 11 aromatic carbocycles. The van der Waals surface area contributed by atoms with Crippen LogP contribution in [0, 0.1) is 0 Å². The number of fused-ring (bicyclic) bond motifs is 6. The van der Waals surface area contributed by atoms with Gasteiger partial charge in [-0.2, -0.15) is 0 Å². The summed E-state index contributed by atoms with van der Waals surface area (Å²) in [5.74, 6) is 0. The number of furan rings is 1. The standard InChI is InChI=1S/C66H44N2O/c1-2-15-45(16-3-1)50-17-12-19-52(43-50)56-21-4-8-26-61(56)67(54-41-37-49(38-42-54)57-25-14-30-65-66(57)60-24-7-11-29-64(60)69-65)53-39-35-47(36-40-53)46-31-33-48(34-32-46)51-18-13-20-55(44-51)68-62-27-9-5-22-58(62)59-23-6-10-28-63(59)68/h1-44H. The molecule has 2 aromatic heterocycles. The van der Waals surface area contributed by atoms with Gasteiger partial charge in [0, 0.05) is 44.2 Å². The molecule has 0 fully saturated rings. The molecule has 0 aliphatic rings. The molecule has 3 nitrogen and oxygen atoms in total. The van der Waals surface area contributed by atoms with Crippen LogP contribution in [-0.2, 0) is 0 Å². The third-order valence-electron chi connectivity index (χ3n) is 13.6. The lowest BCUT2D eigenvalue weighted by Crippen LogP contribution is -2.11. The molecule has 0 spiro atoms. The van der Waals surface area contributed by atoms with E-state index in [1.807, 2.05) is 12.1 Å². The monoisotopic (exact) mass is 880 g/mol. The Morgan fingerprint density at radius 1 is 0.290 bits per heavy atom. The van der Waals surface area contributed by atoms with E-state index in [4.69, 9.17) is 4.42 Å². The molecule has 13 rings (SSSR count). The van der Waals surface area contributed by atoms with Crippen molar-refractivity contribution in [3.05, 3.63) is 267 Å². The highest BCUT2D eigenvalue weighted by molar-refractivity contribution is 6.12. The van der Waals surface area contributed by atoms with Crippen LogP contribution in [0.25, 0.3) is 105 Å². The number of hydrogen-bond donors (Lipinski definition) is 0. The first-order valence-corrected chi connectivity index (χ1v) is 23.6. The average Bonchev–Trinajstić information content (AvgIpc) is 3.98. The van der Waals surface area contributed by atoms with Crippen LogP contribution in [0.5, 0.6) is 0 Å². The zero-order chi connectivity index (χ0) is 45.7. The number of benzene rings is 11. The van der Waals surface area contributed by atoms with Gasteiger partial charge in [-0.3, -0.25) is 0 Å². The van der Waals surface area contributed by atoms with Gasteiger partial charge in [0.2, 0.25) is 0 Å². The van der Waals surface area contributed by atoms with E-state index < -0.39 is 0 Å². The van der Waals surface area contributed by atoms with E-state index in [2.05, 4.69) is 264 Å². The van der Waals surface area contributed by atoms with Gasteiger partial charge >= 0.3 is 0 Å². The molecule has 0 unspecified atom stereocenters. The molecule has 324 valence electrons. The summed E-state index contributed by atoms with van der Waals surface area (Å²) in [5.41, 5.74) is 20.3. The molecule has 0 aliphatic carbocycles. The molecule has 2 heterocycles. The van der Waals surface area contributed by atoms with Crippen LogP contribution < -0.4 is 4.90 Å². The zero-order valence-corrected chi connectivity index (χ0v) is 37.7. The van der Waals surface area contributed by atoms with E-state index in [-0.39, 0.29) is 0 Å². The summed E-state index contributed by atoms with van der Waals surface area (Å²) in [5, 5.41) is 4.79. The number of hydrogen-bond acceptors (Lipinski definition) is 2. The minimum atomic E-state index is 0.894. The highest BCUT2D eigenvalue weighted by Gasteiger charge is 2.20. The van der Waals surface area contributed by atoms with Gasteiger partial charge in [0.15, 0.2) is 0 Å². The smallest absolute Gasteiger partial charge is 0.136 e. The van der Waals surface area contributed by atoms with Gasteiger partial charge in [-0.05, 0) is 123 Å². The Morgan fingerprint density at radius 2 is 0.754 bits per heavy atom. The van der Waals surface area contributed by atoms with Crippen molar-refractivity contribution in [2.45, 2.75) is 0 Å². The van der Waals surface area contributed by atoms with Crippen molar-refractivity contribution in [2.24, 2.45) is 0 Å². The normalized spacial score (nSPS) is 11.5. The van der Waals surface area contributed by atoms with Gasteiger partial charge in [-0.25, -0.2) is 0 Å². The second kappa shape index (κ2) is 16.9. The highest BCUT2D eigenvalue weighted by Crippen LogP contribution is 2.44. The SMILES string of the molecule is c1ccc(-c2cccc(-c3ccccc3N(c3ccc(-c4ccc(-c5cccc(-n6c7ccccc7c7ccccc76)c5)cc4)cc3)c3ccc(-c4cccc5oc6ccccc6c45)cc3)c2)cc1. The van der Waals surface area contributed by atoms with Gasteiger partial charge in [0.05, 0.1) is 16.7 Å². The fraction of sp³-hybridized carbons (Fsp3) is 0. The number of para-hydroxylation sites is 4. The van der Waals surface area contributed by atoms with Crippen molar-refractivity contribution in [3.8, 4) is 61.3 Å². The van der Waals surface area contributed by atoms with Gasteiger partial charge in [-0.15, -0.1) is 0 Å². The van der Waals surface area contributed by atoms with Crippen LogP contribution in [-0.4, -0.2) is 4.57 Å². The topological polar surface area (TPSA) is 21.3 Å². The highest BCUT2D eigenvalue weighted by atomic mass is 16.3. The largest absolute Gasteiger partial charge is 0.456 e. The Kier molecular flexibility index (Phi) is 9.84. The second-order valence-corrected chi connectivity index (χ2v) is 17.7. The molecule has 69 heavy (non-hydrogen) atoms. The number of rotatable bonds is 9. The third kappa shape index (κ3) is 7.16. The van der Waals surface area contributed by atoms with Crippen molar-refractivity contribution in [1.29, 1.82) is 0 Å². The maximum atomic E-state index is 6.28. The predicted molar refractivity (Wildman–Crippen MR) is 290 cm³/mol. The second-order valence-electron chi connectivity index (χ2n) is 17.7. The van der Waals surface area contributed by atoms with Crippen LogP contribution in [0.2, 0.25) is 0 Å². The molecule has 0 saturated carbocycles. The maximum absolute atomic E-state index is 6.28. The average molecular weight is 881 g/mol. The van der Waals surface area contributed by atoms with Gasteiger partial charge in [0.25, 0.3) is 0 Å². The predicted octanol–water partition coefficient (Wildman–Crippen LogP) is 18.5. The van der Waals surface area contributed by atoms with Crippen molar-refractivity contribution >= 4 is 60.8 Å². The van der Waals surface area contributed by atoms with E-state index >= 15 is 0 Å². The number of anilines is 3. The molecular formula is C66H44N2O. The first-order valence-electron chi connectivity index (χ1n) is 23.6. The third-order valence-corrected chi connectivity index (χ3v) is 13.6. The zero-order valence-electron chi connectivity index (χ0n) is 37.7. The van der Waals surface area contributed by atoms with Gasteiger partial charge < -0.3 is 13.9 Å². The molecule has 0 atom stereocenters. The number of nitrogens with zero attached hydrogens (tertiary/aromatic N) is 2. The van der Waals surface area contributed by atoms with Crippen LogP contribution in [0.4, 0.5) is 17.1 Å². The summed E-state index contributed by atoms with van der Waals surface area (Å²) >= 11 is 0. The quantitative estimate of drug-likeness (QED) is 0.144. The fourth-order valence-corrected chi connectivity index (χ4v) is 10.3. The Bertz CT molecular complexity index is 3940. The Balaban J connectivity index is 0.862. The molecule has 0 radical (unpaired) electrons. The lowest BCUT2D eigenvalue weighted by atomic mass is 9.96. The van der Waals surface area contributed by atoms with Crippen molar-refractivity contribution in [1.82, 2.24) is 4.57 Å². The van der Waals surface area contributed by atoms with Crippen LogP contribution in [0.15, 0.2) is 271 Å². The Hall–Kier alpha value is -9.18. The summed E-state index contributed by atoms with van der Waals surface area (Å²) in [4.78, 5) is 2.39. The minimum absolute atomic E-state index is 0.894. The first-order chi connectivity index (χ1) is 34.2. The van der Waals surface area contributed by atoms with E-state index in [1.54, 1.807) is 0 Å². The summed E-state index contributed by atoms with van der Waals surface area (Å²) in [7, 11) is 0. The van der Waals surface area contributed by atoms with E-state index in [0.29, 0.717) is 0 Å². The number of aromatic nitrogens is 1. The van der Waals surface area contributed by atoms with Crippen molar-refractivity contribution in [3.63, 3.8) is 0 Å². The molecule has 0 bridgehead atoms. The molecule has 0 amide bonds. The molecular weight excluding hydrogens is 837 g/mol. The van der Waals surface area contributed by atoms with Crippen molar-refractivity contribution < 1.29 is 4.42 Å².